The lowest BCUT2D eigenvalue weighted by Crippen LogP contribution is -2.56. The first-order valence-electron chi connectivity index (χ1n) is 13.5. The van der Waals surface area contributed by atoms with Crippen LogP contribution in [0.5, 0.6) is 5.75 Å². The number of aliphatic imine (C=N–C) groups is 1. The lowest BCUT2D eigenvalue weighted by molar-refractivity contribution is -0.132. The van der Waals surface area contributed by atoms with Gasteiger partial charge >= 0.3 is 0 Å². The van der Waals surface area contributed by atoms with Crippen LogP contribution in [-0.2, 0) is 25.6 Å². The van der Waals surface area contributed by atoms with Crippen molar-refractivity contribution in [3.8, 4) is 5.75 Å². The highest BCUT2D eigenvalue weighted by Gasteiger charge is 2.28. The molecular weight excluding hydrogens is 534 g/mol. The van der Waals surface area contributed by atoms with Crippen LogP contribution in [0, 0.1) is 5.92 Å². The number of aliphatic hydroxyl groups is 1. The van der Waals surface area contributed by atoms with E-state index in [1.165, 1.54) is 12.1 Å². The Kier molecular flexibility index (Phi) is 15.7. The van der Waals surface area contributed by atoms with Crippen LogP contribution >= 0.6 is 0 Å². The number of nitrogens with two attached hydrogens (primary N) is 4. The quantitative estimate of drug-likeness (QED) is 0.0447. The van der Waals surface area contributed by atoms with Crippen molar-refractivity contribution in [3.63, 3.8) is 0 Å². The van der Waals surface area contributed by atoms with Crippen LogP contribution in [0.25, 0.3) is 0 Å². The minimum Gasteiger partial charge on any atom is -0.508 e. The van der Waals surface area contributed by atoms with Crippen molar-refractivity contribution >= 4 is 29.6 Å². The Labute approximate surface area is 239 Å². The number of guanidine groups is 1. The Morgan fingerprint density at radius 1 is 1.02 bits per heavy atom. The number of phenols is 1. The van der Waals surface area contributed by atoms with Gasteiger partial charge in [-0.15, -0.1) is 0 Å². The van der Waals surface area contributed by atoms with E-state index in [2.05, 4.69) is 26.3 Å². The molecule has 0 radical (unpaired) electrons. The molecule has 1 aromatic carbocycles. The number of carbonyl (C=O) groups is 4. The molecule has 1 aromatic rings. The van der Waals surface area contributed by atoms with Gasteiger partial charge in [-0.1, -0.05) is 32.4 Å². The van der Waals surface area contributed by atoms with Gasteiger partial charge in [-0.3, -0.25) is 24.2 Å². The van der Waals surface area contributed by atoms with Gasteiger partial charge in [0.05, 0.1) is 31.3 Å². The Morgan fingerprint density at radius 2 is 1.68 bits per heavy atom. The van der Waals surface area contributed by atoms with Crippen molar-refractivity contribution in [1.29, 1.82) is 0 Å². The molecule has 0 aliphatic heterocycles. The van der Waals surface area contributed by atoms with E-state index in [4.69, 9.17) is 22.9 Å². The SMILES string of the molecule is CC[C@H](C)[C@H](NC(=O)[C@@H](N)Cc1ccc(O)cc1)C(=O)NCC(=O)N[C@@H](CO)CN[C@@H](CCCN=C(N)N)C(N)=O. The lowest BCUT2D eigenvalue weighted by atomic mass is 9.97. The molecule has 230 valence electrons. The number of amides is 4. The molecule has 0 bridgehead atoms. The van der Waals surface area contributed by atoms with E-state index >= 15 is 0 Å². The first kappa shape index (κ1) is 35.1. The molecule has 0 saturated carbocycles. The Morgan fingerprint density at radius 3 is 2.24 bits per heavy atom. The Hall–Kier alpha value is -3.95. The molecule has 4 amide bonds. The maximum absolute atomic E-state index is 12.9. The average Bonchev–Trinajstić information content (AvgIpc) is 2.93. The number of hydrogen-bond acceptors (Lipinski definition) is 9. The smallest absolute Gasteiger partial charge is 0.243 e. The largest absolute Gasteiger partial charge is 0.508 e. The first-order valence-corrected chi connectivity index (χ1v) is 13.5. The second-order valence-electron chi connectivity index (χ2n) is 9.83. The van der Waals surface area contributed by atoms with Crippen molar-refractivity contribution < 1.29 is 29.4 Å². The van der Waals surface area contributed by atoms with Crippen molar-refractivity contribution in [2.75, 3.05) is 26.2 Å². The number of carbonyl (C=O) groups excluding carboxylic acids is 4. The molecule has 1 rings (SSSR count). The second-order valence-corrected chi connectivity index (χ2v) is 9.83. The van der Waals surface area contributed by atoms with E-state index in [9.17, 15) is 29.4 Å². The number of primary amides is 1. The van der Waals surface area contributed by atoms with Gasteiger partial charge in [0.1, 0.15) is 11.8 Å². The second kappa shape index (κ2) is 18.4. The number of aliphatic hydroxyl groups excluding tert-OH is 1. The van der Waals surface area contributed by atoms with E-state index in [1.807, 2.05) is 6.92 Å². The van der Waals surface area contributed by atoms with Gasteiger partial charge < -0.3 is 54.4 Å². The molecule has 0 heterocycles. The molecule has 0 aliphatic carbocycles. The predicted octanol–water partition coefficient (Wildman–Crippen LogP) is -3.12. The Bertz CT molecular complexity index is 1020. The number of aromatic hydroxyl groups is 1. The maximum atomic E-state index is 12.9. The number of hydrogen-bond donors (Lipinski definition) is 10. The highest BCUT2D eigenvalue weighted by atomic mass is 16.3. The summed E-state index contributed by atoms with van der Waals surface area (Å²) < 4.78 is 0. The Balaban J connectivity index is 2.62. The van der Waals surface area contributed by atoms with E-state index < -0.39 is 60.9 Å². The molecular formula is C26H45N9O6. The van der Waals surface area contributed by atoms with E-state index in [0.29, 0.717) is 25.8 Å². The molecule has 5 atom stereocenters. The molecule has 0 spiro atoms. The van der Waals surface area contributed by atoms with E-state index in [1.54, 1.807) is 19.1 Å². The fraction of sp³-hybridized carbons (Fsp3) is 0.577. The molecule has 41 heavy (non-hydrogen) atoms. The normalized spacial score (nSPS) is 14.5. The first-order chi connectivity index (χ1) is 19.4. The standard InChI is InChI=1S/C26H45N9O6/c1-3-15(2)22(35-24(40)19(27)11-16-6-8-18(37)9-7-16)25(41)33-13-21(38)34-17(14-36)12-32-20(23(28)39)5-4-10-31-26(29)30/h6-9,15,17,19-20,22,32,36-37H,3-5,10-14,27H2,1-2H3,(H2,28,39)(H,33,41)(H,34,38)(H,35,40)(H4,29,30,31)/t15-,17+,19-,20-,22-/m0/s1. The summed E-state index contributed by atoms with van der Waals surface area (Å²) in [4.78, 5) is 53.7. The summed E-state index contributed by atoms with van der Waals surface area (Å²) in [6.45, 7) is 3.16. The molecule has 0 aliphatic rings. The molecule has 0 fully saturated rings. The monoisotopic (exact) mass is 579 g/mol. The lowest BCUT2D eigenvalue weighted by Gasteiger charge is -2.25. The fourth-order valence-electron chi connectivity index (χ4n) is 3.79. The predicted molar refractivity (Wildman–Crippen MR) is 154 cm³/mol. The van der Waals surface area contributed by atoms with Crippen molar-refractivity contribution in [2.24, 2.45) is 33.8 Å². The zero-order chi connectivity index (χ0) is 30.9. The van der Waals surface area contributed by atoms with Gasteiger partial charge in [0.25, 0.3) is 0 Å². The van der Waals surface area contributed by atoms with Crippen LogP contribution in [-0.4, -0.2) is 90.2 Å². The number of benzene rings is 1. The zero-order valence-corrected chi connectivity index (χ0v) is 23.6. The van der Waals surface area contributed by atoms with Crippen LogP contribution < -0.4 is 44.2 Å². The summed E-state index contributed by atoms with van der Waals surface area (Å²) in [5.41, 5.74) is 22.7. The number of nitrogens with zero attached hydrogens (tertiary/aromatic N) is 1. The number of rotatable bonds is 19. The number of phenolic OH excluding ortho intramolecular Hbond substituents is 1. The number of nitrogens with one attached hydrogen (secondary N) is 4. The summed E-state index contributed by atoms with van der Waals surface area (Å²) in [6.07, 6.45) is 1.60. The third-order valence-corrected chi connectivity index (χ3v) is 6.43. The molecule has 0 saturated heterocycles. The van der Waals surface area contributed by atoms with Gasteiger partial charge in [-0.2, -0.15) is 0 Å². The van der Waals surface area contributed by atoms with E-state index in [-0.39, 0.29) is 30.6 Å². The minimum absolute atomic E-state index is 0.0383. The van der Waals surface area contributed by atoms with Crippen LogP contribution in [0.2, 0.25) is 0 Å². The fourth-order valence-corrected chi connectivity index (χ4v) is 3.79. The minimum atomic E-state index is -0.934. The van der Waals surface area contributed by atoms with Crippen molar-refractivity contribution in [2.45, 2.75) is 63.7 Å². The molecule has 0 aromatic heterocycles. The van der Waals surface area contributed by atoms with Crippen molar-refractivity contribution in [1.82, 2.24) is 21.3 Å². The van der Waals surface area contributed by atoms with E-state index in [0.717, 1.165) is 5.56 Å². The topological polar surface area (TPSA) is 273 Å². The van der Waals surface area contributed by atoms with Crippen molar-refractivity contribution in [3.05, 3.63) is 29.8 Å². The summed E-state index contributed by atoms with van der Waals surface area (Å²) in [7, 11) is 0. The third kappa shape index (κ3) is 13.8. The molecule has 15 heteroatoms. The zero-order valence-electron chi connectivity index (χ0n) is 23.6. The molecule has 14 N–H and O–H groups in total. The van der Waals surface area contributed by atoms with Crippen LogP contribution in [0.15, 0.2) is 29.3 Å². The summed E-state index contributed by atoms with van der Waals surface area (Å²) in [5, 5.41) is 29.7. The highest BCUT2D eigenvalue weighted by molar-refractivity contribution is 5.92. The van der Waals surface area contributed by atoms with Crippen LogP contribution in [0.4, 0.5) is 0 Å². The van der Waals surface area contributed by atoms with Gasteiger partial charge in [0.15, 0.2) is 5.96 Å². The summed E-state index contributed by atoms with van der Waals surface area (Å²) >= 11 is 0. The average molecular weight is 580 g/mol. The van der Waals surface area contributed by atoms with Crippen LogP contribution in [0.1, 0.15) is 38.7 Å². The third-order valence-electron chi connectivity index (χ3n) is 6.43. The van der Waals surface area contributed by atoms with Gasteiger partial charge in [0, 0.05) is 13.1 Å². The highest BCUT2D eigenvalue weighted by Crippen LogP contribution is 2.12. The van der Waals surface area contributed by atoms with Gasteiger partial charge in [-0.25, -0.2) is 0 Å². The summed E-state index contributed by atoms with van der Waals surface area (Å²) in [6, 6.07) is 2.93. The van der Waals surface area contributed by atoms with Crippen LogP contribution in [0.3, 0.4) is 0 Å². The van der Waals surface area contributed by atoms with Gasteiger partial charge in [0.2, 0.25) is 23.6 Å². The summed E-state index contributed by atoms with van der Waals surface area (Å²) in [5.74, 6) is -2.50. The maximum Gasteiger partial charge on any atom is 0.243 e. The molecule has 0 unspecified atom stereocenters. The van der Waals surface area contributed by atoms with Gasteiger partial charge in [-0.05, 0) is 42.9 Å². The molecule has 15 nitrogen and oxygen atoms in total.